The molecule has 1 aromatic carbocycles. The Bertz CT molecular complexity index is 1120. The second kappa shape index (κ2) is 9.60. The van der Waals surface area contributed by atoms with Gasteiger partial charge in [-0.1, -0.05) is 13.0 Å². The first-order valence-corrected chi connectivity index (χ1v) is 10.2. The van der Waals surface area contributed by atoms with Crippen LogP contribution in [-0.2, 0) is 9.53 Å². The van der Waals surface area contributed by atoms with Crippen molar-refractivity contribution in [2.45, 2.75) is 32.0 Å². The Morgan fingerprint density at radius 2 is 1.88 bits per heavy atom. The van der Waals surface area contributed by atoms with Gasteiger partial charge in [-0.3, -0.25) is 4.79 Å². The van der Waals surface area contributed by atoms with E-state index in [-0.39, 0.29) is 6.54 Å². The van der Waals surface area contributed by atoms with Crippen molar-refractivity contribution in [3.05, 3.63) is 48.2 Å². The third-order valence-electron chi connectivity index (χ3n) is 4.86. The number of benzene rings is 1. The Morgan fingerprint density at radius 3 is 2.53 bits per heavy atom. The molecule has 9 heteroatoms. The van der Waals surface area contributed by atoms with Crippen LogP contribution in [0.15, 0.2) is 42.6 Å². The fourth-order valence-corrected chi connectivity index (χ4v) is 3.54. The molecule has 0 saturated heterocycles. The first-order valence-electron chi connectivity index (χ1n) is 10.2. The molecule has 2 heterocycles. The number of halogens is 3. The van der Waals surface area contributed by atoms with E-state index in [0.29, 0.717) is 40.8 Å². The summed E-state index contributed by atoms with van der Waals surface area (Å²) < 4.78 is 51.2. The molecule has 2 aromatic heterocycles. The molecule has 32 heavy (non-hydrogen) atoms. The largest absolute Gasteiger partial charge is 0.489 e. The van der Waals surface area contributed by atoms with Gasteiger partial charge in [-0.15, -0.1) is 0 Å². The van der Waals surface area contributed by atoms with E-state index >= 15 is 0 Å². The number of rotatable bonds is 9. The highest BCUT2D eigenvalue weighted by Crippen LogP contribution is 2.31. The van der Waals surface area contributed by atoms with Crippen molar-refractivity contribution >= 4 is 28.2 Å². The van der Waals surface area contributed by atoms with E-state index < -0.39 is 30.5 Å². The third-order valence-corrected chi connectivity index (χ3v) is 4.86. The highest BCUT2D eigenvalue weighted by atomic mass is 19.4. The Balaban J connectivity index is 1.98. The van der Waals surface area contributed by atoms with Crippen molar-refractivity contribution in [2.75, 3.05) is 27.2 Å². The Kier molecular flexibility index (Phi) is 7.08. The summed E-state index contributed by atoms with van der Waals surface area (Å²) in [5.74, 6) is -1.98. The van der Waals surface area contributed by atoms with Gasteiger partial charge < -0.3 is 18.8 Å². The standard InChI is InChI=1S/C23H25F3N2O4/c1-4-11-31-22(30)21-17-9-8-15(12-19(17)28-10-6-5-7-18(21)28)32-16(14-27(2)3)13-20(29)23(24,25)26/h5-10,12,16H,4,11,13-14H2,1-3H3. The molecule has 0 aliphatic rings. The van der Waals surface area contributed by atoms with Gasteiger partial charge in [-0.2, -0.15) is 13.2 Å². The van der Waals surface area contributed by atoms with Gasteiger partial charge in [0, 0.05) is 24.2 Å². The van der Waals surface area contributed by atoms with Crippen LogP contribution in [0.4, 0.5) is 13.2 Å². The SMILES string of the molecule is CCCOC(=O)c1c2ccc(OC(CC(=O)C(F)(F)F)CN(C)C)cc2n2ccccc12. The van der Waals surface area contributed by atoms with Gasteiger partial charge in [-0.25, -0.2) is 4.79 Å². The molecule has 0 saturated carbocycles. The topological polar surface area (TPSA) is 60.2 Å². The molecule has 0 aliphatic heterocycles. The fourth-order valence-electron chi connectivity index (χ4n) is 3.54. The predicted octanol–water partition coefficient (Wildman–Crippen LogP) is 4.49. The lowest BCUT2D eigenvalue weighted by atomic mass is 10.1. The van der Waals surface area contributed by atoms with E-state index in [1.807, 2.05) is 6.92 Å². The van der Waals surface area contributed by atoms with Crippen LogP contribution < -0.4 is 4.74 Å². The van der Waals surface area contributed by atoms with Crippen molar-refractivity contribution in [1.82, 2.24) is 9.30 Å². The van der Waals surface area contributed by atoms with E-state index in [1.165, 1.54) is 0 Å². The second-order valence-electron chi connectivity index (χ2n) is 7.77. The van der Waals surface area contributed by atoms with Gasteiger partial charge in [0.1, 0.15) is 11.9 Å². The maximum atomic E-state index is 12.8. The summed E-state index contributed by atoms with van der Waals surface area (Å²) in [6, 6.07) is 10.3. The van der Waals surface area contributed by atoms with Crippen LogP contribution in [0.5, 0.6) is 5.75 Å². The maximum Gasteiger partial charge on any atom is 0.450 e. The minimum Gasteiger partial charge on any atom is -0.489 e. The number of carbonyl (C=O) groups is 2. The molecule has 1 unspecified atom stereocenters. The normalized spacial score (nSPS) is 13.0. The number of Topliss-reactive ketones (excluding diaryl/α,β-unsaturated/α-hetero) is 1. The molecule has 0 spiro atoms. The van der Waals surface area contributed by atoms with Gasteiger partial charge >= 0.3 is 12.1 Å². The van der Waals surface area contributed by atoms with Crippen molar-refractivity contribution in [2.24, 2.45) is 0 Å². The lowest BCUT2D eigenvalue weighted by Crippen LogP contribution is -2.36. The number of hydrogen-bond acceptors (Lipinski definition) is 5. The molecule has 3 aromatic rings. The number of ether oxygens (including phenoxy) is 2. The Morgan fingerprint density at radius 1 is 1.12 bits per heavy atom. The van der Waals surface area contributed by atoms with Crippen molar-refractivity contribution < 1.29 is 32.2 Å². The third kappa shape index (κ3) is 5.21. The highest BCUT2D eigenvalue weighted by Gasteiger charge is 2.39. The van der Waals surface area contributed by atoms with E-state index in [4.69, 9.17) is 9.47 Å². The minimum absolute atomic E-state index is 0.128. The zero-order valence-electron chi connectivity index (χ0n) is 18.1. The smallest absolute Gasteiger partial charge is 0.450 e. The van der Waals surface area contributed by atoms with Gasteiger partial charge in [0.15, 0.2) is 0 Å². The molecule has 0 N–H and O–H groups in total. The lowest BCUT2D eigenvalue weighted by molar-refractivity contribution is -0.172. The number of pyridine rings is 1. The Hall–Kier alpha value is -3.07. The molecule has 0 bridgehead atoms. The number of esters is 1. The average molecular weight is 450 g/mol. The monoisotopic (exact) mass is 450 g/mol. The number of ketones is 1. The number of alkyl halides is 3. The molecule has 0 aliphatic carbocycles. The number of fused-ring (bicyclic) bond motifs is 3. The summed E-state index contributed by atoms with van der Waals surface area (Å²) in [5.41, 5.74) is 1.71. The molecular formula is C23H25F3N2O4. The van der Waals surface area contributed by atoms with E-state index in [0.717, 1.165) is 0 Å². The van der Waals surface area contributed by atoms with Gasteiger partial charge in [0.05, 0.1) is 29.6 Å². The fraction of sp³-hybridized carbons (Fsp3) is 0.391. The predicted molar refractivity (Wildman–Crippen MR) is 114 cm³/mol. The zero-order chi connectivity index (χ0) is 23.5. The van der Waals surface area contributed by atoms with Gasteiger partial charge in [-0.05, 0) is 44.8 Å². The molecule has 0 fully saturated rings. The first-order chi connectivity index (χ1) is 15.1. The maximum absolute atomic E-state index is 12.8. The summed E-state index contributed by atoms with van der Waals surface area (Å²) in [6.45, 7) is 2.33. The number of carbonyl (C=O) groups excluding carboxylic acids is 2. The molecule has 0 radical (unpaired) electrons. The van der Waals surface area contributed by atoms with Crippen molar-refractivity contribution in [3.8, 4) is 5.75 Å². The van der Waals surface area contributed by atoms with Crippen LogP contribution in [0.3, 0.4) is 0 Å². The number of nitrogens with zero attached hydrogens (tertiary/aromatic N) is 2. The molecule has 0 amide bonds. The van der Waals surface area contributed by atoms with E-state index in [9.17, 15) is 22.8 Å². The summed E-state index contributed by atoms with van der Waals surface area (Å²) in [6.07, 6.45) is -4.22. The van der Waals surface area contributed by atoms with Crippen LogP contribution in [0.2, 0.25) is 0 Å². The lowest BCUT2D eigenvalue weighted by Gasteiger charge is -2.22. The molecule has 3 rings (SSSR count). The average Bonchev–Trinajstić information content (AvgIpc) is 3.04. The highest BCUT2D eigenvalue weighted by molar-refractivity contribution is 6.11. The van der Waals surface area contributed by atoms with Crippen LogP contribution in [-0.4, -0.2) is 60.6 Å². The van der Waals surface area contributed by atoms with Crippen LogP contribution in [0, 0.1) is 0 Å². The minimum atomic E-state index is -4.91. The summed E-state index contributed by atoms with van der Waals surface area (Å²) in [7, 11) is 3.37. The number of aromatic nitrogens is 1. The number of hydrogen-bond donors (Lipinski definition) is 0. The van der Waals surface area contributed by atoms with Crippen molar-refractivity contribution in [1.29, 1.82) is 0 Å². The van der Waals surface area contributed by atoms with Crippen LogP contribution in [0.1, 0.15) is 30.1 Å². The summed E-state index contributed by atoms with van der Waals surface area (Å²) in [5, 5.41) is 0.639. The van der Waals surface area contributed by atoms with E-state index in [2.05, 4.69) is 0 Å². The molecule has 6 nitrogen and oxygen atoms in total. The molecule has 1 atom stereocenters. The van der Waals surface area contributed by atoms with E-state index in [1.54, 1.807) is 66.0 Å². The van der Waals surface area contributed by atoms with Gasteiger partial charge in [0.25, 0.3) is 0 Å². The van der Waals surface area contributed by atoms with Gasteiger partial charge in [0.2, 0.25) is 5.78 Å². The number of likely N-dealkylation sites (N-methyl/N-ethyl adjacent to an activating group) is 1. The zero-order valence-corrected chi connectivity index (χ0v) is 18.1. The quantitative estimate of drug-likeness (QED) is 0.450. The molecule has 172 valence electrons. The van der Waals surface area contributed by atoms with Crippen LogP contribution in [0.25, 0.3) is 16.4 Å². The second-order valence-corrected chi connectivity index (χ2v) is 7.77. The van der Waals surface area contributed by atoms with Crippen molar-refractivity contribution in [3.63, 3.8) is 0 Å². The first kappa shape index (κ1) is 23.6. The summed E-state index contributed by atoms with van der Waals surface area (Å²) >= 11 is 0. The summed E-state index contributed by atoms with van der Waals surface area (Å²) in [4.78, 5) is 25.8. The Labute approximate surface area is 183 Å². The van der Waals surface area contributed by atoms with Crippen LogP contribution >= 0.6 is 0 Å². The molecular weight excluding hydrogens is 425 g/mol.